The molecule has 0 aromatic carbocycles. The number of allylic oxidation sites excluding steroid dienone is 3. The van der Waals surface area contributed by atoms with Crippen molar-refractivity contribution < 1.29 is 0 Å². The molecule has 8 atom stereocenters. The van der Waals surface area contributed by atoms with Crippen molar-refractivity contribution in [3.63, 3.8) is 0 Å². The van der Waals surface area contributed by atoms with Crippen LogP contribution in [0.2, 0.25) is 0 Å². The molecule has 2 N–H and O–H groups in total. The Morgan fingerprint density at radius 2 is 1.97 bits per heavy atom. The third-order valence-electron chi connectivity index (χ3n) is 12.5. The van der Waals surface area contributed by atoms with Crippen molar-refractivity contribution in [1.29, 1.82) is 0 Å². The van der Waals surface area contributed by atoms with E-state index >= 15 is 0 Å². The molecule has 5 aliphatic rings. The molecule has 0 radical (unpaired) electrons. The first-order chi connectivity index (χ1) is 17.3. The zero-order chi connectivity index (χ0) is 25.6. The maximum atomic E-state index is 6.17. The summed E-state index contributed by atoms with van der Waals surface area (Å²) < 4.78 is 0. The first-order valence-corrected chi connectivity index (χ1v) is 17.1. The quantitative estimate of drug-likeness (QED) is 0.208. The van der Waals surface area contributed by atoms with Gasteiger partial charge in [-0.25, -0.2) is 0 Å². The SMILES string of the molecule is C/C=C(/CSCC(N)CC)CC1CCC23C(=CCC24C2CCC(CCCCC(C)C)C2(C)CCC34)C1. The molecule has 4 saturated carbocycles. The Balaban J connectivity index is 1.19. The molecule has 5 rings (SSSR count). The maximum Gasteiger partial charge on any atom is 0.0143 e. The van der Waals surface area contributed by atoms with E-state index in [1.807, 2.05) is 5.57 Å². The second kappa shape index (κ2) is 10.7. The average molecular weight is 512 g/mol. The number of nitrogens with two attached hydrogens (primary N) is 1. The molecule has 0 bridgehead atoms. The largest absolute Gasteiger partial charge is 0.327 e. The lowest BCUT2D eigenvalue weighted by atomic mass is 9.59. The average Bonchev–Trinajstić information content (AvgIpc) is 3.08. The molecule has 1 nitrogen and oxygen atoms in total. The lowest BCUT2D eigenvalue weighted by Gasteiger charge is -2.45. The molecule has 0 aromatic rings. The van der Waals surface area contributed by atoms with E-state index in [0.717, 1.165) is 41.8 Å². The third-order valence-corrected chi connectivity index (χ3v) is 13.7. The highest BCUT2D eigenvalue weighted by atomic mass is 32.2. The minimum atomic E-state index is 0.363. The summed E-state index contributed by atoms with van der Waals surface area (Å²) >= 11 is 2.06. The lowest BCUT2D eigenvalue weighted by molar-refractivity contribution is 0.0327. The van der Waals surface area contributed by atoms with Crippen molar-refractivity contribution in [3.8, 4) is 0 Å². The molecule has 2 spiro atoms. The van der Waals surface area contributed by atoms with Crippen molar-refractivity contribution >= 4 is 11.8 Å². The Morgan fingerprint density at radius 3 is 2.72 bits per heavy atom. The Labute approximate surface area is 228 Å². The van der Waals surface area contributed by atoms with Gasteiger partial charge in [-0.05, 0) is 118 Å². The zero-order valence-corrected chi connectivity index (χ0v) is 25.2. The van der Waals surface area contributed by atoms with Crippen LogP contribution in [-0.2, 0) is 0 Å². The van der Waals surface area contributed by atoms with Gasteiger partial charge in [0.2, 0.25) is 0 Å². The van der Waals surface area contributed by atoms with Crippen LogP contribution in [0.25, 0.3) is 0 Å². The van der Waals surface area contributed by atoms with Crippen LogP contribution < -0.4 is 5.73 Å². The number of fused-ring (bicyclic) bond motifs is 1. The van der Waals surface area contributed by atoms with Crippen LogP contribution in [-0.4, -0.2) is 17.5 Å². The van der Waals surface area contributed by atoms with Gasteiger partial charge in [0.25, 0.3) is 0 Å². The van der Waals surface area contributed by atoms with Crippen LogP contribution in [0.3, 0.4) is 0 Å². The lowest BCUT2D eigenvalue weighted by Crippen LogP contribution is -2.39. The molecule has 5 aliphatic carbocycles. The van der Waals surface area contributed by atoms with Gasteiger partial charge in [0.1, 0.15) is 0 Å². The third kappa shape index (κ3) is 4.41. The number of rotatable bonds is 12. The second-order valence-electron chi connectivity index (χ2n) is 14.5. The molecule has 0 aromatic heterocycles. The Morgan fingerprint density at radius 1 is 1.14 bits per heavy atom. The summed E-state index contributed by atoms with van der Waals surface area (Å²) in [5, 5.41) is 0. The molecule has 2 heteroatoms. The highest BCUT2D eigenvalue weighted by Crippen LogP contribution is 2.90. The van der Waals surface area contributed by atoms with Gasteiger partial charge in [0.05, 0.1) is 0 Å². The normalized spacial score (nSPS) is 42.0. The minimum absolute atomic E-state index is 0.363. The fraction of sp³-hybridized carbons (Fsp3) is 0.882. The number of hydrogen-bond acceptors (Lipinski definition) is 2. The van der Waals surface area contributed by atoms with Gasteiger partial charge in [-0.3, -0.25) is 0 Å². The maximum absolute atomic E-state index is 6.17. The van der Waals surface area contributed by atoms with E-state index in [-0.39, 0.29) is 0 Å². The predicted molar refractivity (Wildman–Crippen MR) is 159 cm³/mol. The first kappa shape index (κ1) is 27.4. The second-order valence-corrected chi connectivity index (χ2v) is 15.5. The topological polar surface area (TPSA) is 26.0 Å². The van der Waals surface area contributed by atoms with Crippen LogP contribution >= 0.6 is 11.8 Å². The Bertz CT molecular complexity index is 842. The van der Waals surface area contributed by atoms with Crippen LogP contribution in [0, 0.1) is 45.8 Å². The van der Waals surface area contributed by atoms with E-state index in [1.54, 1.807) is 18.4 Å². The van der Waals surface area contributed by atoms with E-state index in [1.165, 1.54) is 76.4 Å². The Kier molecular flexibility index (Phi) is 8.17. The zero-order valence-electron chi connectivity index (χ0n) is 24.4. The van der Waals surface area contributed by atoms with E-state index in [4.69, 9.17) is 5.73 Å². The fourth-order valence-electron chi connectivity index (χ4n) is 10.6. The monoisotopic (exact) mass is 511 g/mol. The van der Waals surface area contributed by atoms with Crippen LogP contribution in [0.1, 0.15) is 125 Å². The molecule has 0 saturated heterocycles. The predicted octanol–water partition coefficient (Wildman–Crippen LogP) is 9.57. The molecule has 8 unspecified atom stereocenters. The van der Waals surface area contributed by atoms with Gasteiger partial charge in [-0.15, -0.1) is 0 Å². The van der Waals surface area contributed by atoms with Crippen LogP contribution in [0.4, 0.5) is 0 Å². The molecule has 4 fully saturated rings. The summed E-state index contributed by atoms with van der Waals surface area (Å²) in [5.74, 6) is 7.14. The number of unbranched alkanes of at least 4 members (excludes halogenated alkanes) is 1. The minimum Gasteiger partial charge on any atom is -0.327 e. The van der Waals surface area contributed by atoms with E-state index in [2.05, 4.69) is 58.5 Å². The van der Waals surface area contributed by atoms with Gasteiger partial charge in [0, 0.05) is 23.0 Å². The van der Waals surface area contributed by atoms with E-state index in [9.17, 15) is 0 Å². The van der Waals surface area contributed by atoms with Crippen molar-refractivity contribution in [2.45, 2.75) is 131 Å². The molecule has 0 aliphatic heterocycles. The highest BCUT2D eigenvalue weighted by Gasteiger charge is 2.84. The van der Waals surface area contributed by atoms with Gasteiger partial charge in [-0.2, -0.15) is 11.8 Å². The molecule has 0 amide bonds. The fourth-order valence-corrected chi connectivity index (χ4v) is 11.8. The standard InChI is InChI=1S/C34H57NS/c1-6-25(22-36-23-29(35)7-2)20-26-14-18-33-28(21-26)15-19-34(33)30-13-12-27(11-9-8-10-24(3)4)32(30,5)17-16-31(33)34/h6,15,24,26-27,29-31H,7-14,16-23,35H2,1-5H3/b25-6+. The molecule has 0 heterocycles. The number of hydrogen-bond donors (Lipinski definition) is 1. The van der Waals surface area contributed by atoms with Crippen molar-refractivity contribution in [2.75, 3.05) is 11.5 Å². The van der Waals surface area contributed by atoms with E-state index in [0.29, 0.717) is 22.3 Å². The molecular weight excluding hydrogens is 454 g/mol. The summed E-state index contributed by atoms with van der Waals surface area (Å²) in [5.41, 5.74) is 11.8. The summed E-state index contributed by atoms with van der Waals surface area (Å²) in [7, 11) is 0. The molecule has 36 heavy (non-hydrogen) atoms. The smallest absolute Gasteiger partial charge is 0.0143 e. The summed E-state index contributed by atoms with van der Waals surface area (Å²) in [6, 6.07) is 0.363. The molecule has 204 valence electrons. The van der Waals surface area contributed by atoms with Gasteiger partial charge in [0.15, 0.2) is 0 Å². The highest BCUT2D eigenvalue weighted by molar-refractivity contribution is 7.99. The van der Waals surface area contributed by atoms with Crippen molar-refractivity contribution in [2.24, 2.45) is 51.6 Å². The van der Waals surface area contributed by atoms with Crippen molar-refractivity contribution in [3.05, 3.63) is 23.3 Å². The van der Waals surface area contributed by atoms with E-state index < -0.39 is 0 Å². The molecular formula is C34H57NS. The van der Waals surface area contributed by atoms with Crippen molar-refractivity contribution in [1.82, 2.24) is 0 Å². The first-order valence-electron chi connectivity index (χ1n) is 16.0. The summed E-state index contributed by atoms with van der Waals surface area (Å²) in [4.78, 5) is 0. The summed E-state index contributed by atoms with van der Waals surface area (Å²) in [6.45, 7) is 12.0. The summed E-state index contributed by atoms with van der Waals surface area (Å²) in [6.07, 6.45) is 25.6. The van der Waals surface area contributed by atoms with Gasteiger partial charge >= 0.3 is 0 Å². The van der Waals surface area contributed by atoms with Crippen LogP contribution in [0.5, 0.6) is 0 Å². The van der Waals surface area contributed by atoms with Gasteiger partial charge in [-0.1, -0.05) is 70.3 Å². The Hall–Kier alpha value is -0.210. The van der Waals surface area contributed by atoms with Gasteiger partial charge < -0.3 is 5.73 Å². The van der Waals surface area contributed by atoms with Crippen LogP contribution in [0.15, 0.2) is 23.3 Å². The number of thioether (sulfide) groups is 1.